The fourth-order valence-electron chi connectivity index (χ4n) is 4.80. The van der Waals surface area contributed by atoms with Gasteiger partial charge < -0.3 is 26.0 Å². The quantitative estimate of drug-likeness (QED) is 0.366. The molecular formula is C25H30FN7O3S. The Morgan fingerprint density at radius 2 is 1.73 bits per heavy atom. The van der Waals surface area contributed by atoms with E-state index in [0.717, 1.165) is 38.5 Å². The summed E-state index contributed by atoms with van der Waals surface area (Å²) in [4.78, 5) is 38.0. The highest BCUT2D eigenvalue weighted by Gasteiger charge is 2.25. The first-order valence-electron chi connectivity index (χ1n) is 12.5. The van der Waals surface area contributed by atoms with Crippen LogP contribution in [0.5, 0.6) is 0 Å². The largest absolute Gasteiger partial charge is 0.381 e. The highest BCUT2D eigenvalue weighted by molar-refractivity contribution is 7.16. The third-order valence-electron chi connectivity index (χ3n) is 6.72. The molecule has 0 bridgehead atoms. The van der Waals surface area contributed by atoms with Gasteiger partial charge in [0.1, 0.15) is 16.2 Å². The summed E-state index contributed by atoms with van der Waals surface area (Å²) < 4.78 is 20.1. The number of carbonyl (C=O) groups excluding carboxylic acids is 2. The summed E-state index contributed by atoms with van der Waals surface area (Å²) in [5.74, 6) is -0.354. The molecule has 2 amide bonds. The molecule has 0 atom stereocenters. The van der Waals surface area contributed by atoms with Crippen molar-refractivity contribution in [3.05, 3.63) is 35.2 Å². The van der Waals surface area contributed by atoms with Crippen LogP contribution in [0.4, 0.5) is 21.7 Å². The van der Waals surface area contributed by atoms with Gasteiger partial charge in [-0.15, -0.1) is 11.3 Å². The zero-order chi connectivity index (χ0) is 25.8. The SMILES string of the molecule is CC(=O)NC1CCC(NC(=O)c2cnc(Nc3nc4scnc4cc3F)cc2NC2CCOCC2)CC1. The zero-order valence-corrected chi connectivity index (χ0v) is 21.4. The van der Waals surface area contributed by atoms with Crippen LogP contribution in [-0.2, 0) is 9.53 Å². The normalized spacial score (nSPS) is 20.4. The summed E-state index contributed by atoms with van der Waals surface area (Å²) in [7, 11) is 0. The predicted octanol–water partition coefficient (Wildman–Crippen LogP) is 3.74. The number of amides is 2. The molecule has 3 aromatic rings. The van der Waals surface area contributed by atoms with Crippen LogP contribution in [0, 0.1) is 5.82 Å². The van der Waals surface area contributed by atoms with Crippen LogP contribution in [0.3, 0.4) is 0 Å². The second-order valence-electron chi connectivity index (χ2n) is 9.49. The van der Waals surface area contributed by atoms with Gasteiger partial charge in [-0.05, 0) is 38.5 Å². The number of fused-ring (bicyclic) bond motifs is 1. The molecule has 5 rings (SSSR count). The van der Waals surface area contributed by atoms with Gasteiger partial charge in [0, 0.05) is 56.6 Å². The molecule has 1 saturated heterocycles. The molecule has 1 saturated carbocycles. The van der Waals surface area contributed by atoms with Gasteiger partial charge in [0.05, 0.1) is 16.8 Å². The molecule has 0 radical (unpaired) electrons. The number of anilines is 3. The first kappa shape index (κ1) is 25.3. The number of nitrogens with zero attached hydrogens (tertiary/aromatic N) is 3. The highest BCUT2D eigenvalue weighted by Crippen LogP contribution is 2.27. The number of hydrogen-bond acceptors (Lipinski definition) is 9. The number of aromatic nitrogens is 3. The molecule has 10 nitrogen and oxygen atoms in total. The minimum absolute atomic E-state index is 0.0238. The third-order valence-corrected chi connectivity index (χ3v) is 7.46. The van der Waals surface area contributed by atoms with Crippen molar-refractivity contribution >= 4 is 50.8 Å². The van der Waals surface area contributed by atoms with Crippen LogP contribution in [0.1, 0.15) is 55.8 Å². The molecule has 2 fully saturated rings. The number of ether oxygens (including phenoxy) is 1. The second-order valence-corrected chi connectivity index (χ2v) is 10.3. The van der Waals surface area contributed by atoms with Gasteiger partial charge in [0.2, 0.25) is 5.91 Å². The van der Waals surface area contributed by atoms with Gasteiger partial charge in [-0.1, -0.05) is 0 Å². The van der Waals surface area contributed by atoms with Gasteiger partial charge in [0.25, 0.3) is 5.91 Å². The van der Waals surface area contributed by atoms with E-state index in [2.05, 4.69) is 36.2 Å². The first-order valence-corrected chi connectivity index (χ1v) is 13.4. The van der Waals surface area contributed by atoms with Crippen LogP contribution in [0.25, 0.3) is 10.3 Å². The lowest BCUT2D eigenvalue weighted by Crippen LogP contribution is -2.43. The number of pyridine rings is 2. The Morgan fingerprint density at radius 3 is 2.46 bits per heavy atom. The van der Waals surface area contributed by atoms with Crippen molar-refractivity contribution in [3.8, 4) is 0 Å². The van der Waals surface area contributed by atoms with Crippen molar-refractivity contribution in [2.45, 2.75) is 63.6 Å². The van der Waals surface area contributed by atoms with Crippen LogP contribution >= 0.6 is 11.3 Å². The van der Waals surface area contributed by atoms with E-state index < -0.39 is 5.82 Å². The zero-order valence-electron chi connectivity index (χ0n) is 20.6. The first-order chi connectivity index (χ1) is 17.9. The minimum Gasteiger partial charge on any atom is -0.381 e. The van der Waals surface area contributed by atoms with Crippen molar-refractivity contribution in [2.24, 2.45) is 0 Å². The van der Waals surface area contributed by atoms with E-state index in [4.69, 9.17) is 4.74 Å². The smallest absolute Gasteiger partial charge is 0.255 e. The summed E-state index contributed by atoms with van der Waals surface area (Å²) >= 11 is 1.33. The Labute approximate surface area is 217 Å². The third kappa shape index (κ3) is 6.31. The second kappa shape index (κ2) is 11.3. The van der Waals surface area contributed by atoms with E-state index in [1.807, 2.05) is 0 Å². The van der Waals surface area contributed by atoms with Gasteiger partial charge in [-0.3, -0.25) is 9.59 Å². The van der Waals surface area contributed by atoms with Crippen LogP contribution in [0.15, 0.2) is 23.8 Å². The molecule has 0 aromatic carbocycles. The maximum absolute atomic E-state index is 14.6. The molecule has 1 aliphatic heterocycles. The van der Waals surface area contributed by atoms with Gasteiger partial charge >= 0.3 is 0 Å². The van der Waals surface area contributed by atoms with E-state index in [1.54, 1.807) is 11.6 Å². The average molecular weight is 528 g/mol. The number of hydrogen-bond donors (Lipinski definition) is 4. The Morgan fingerprint density at radius 1 is 1.00 bits per heavy atom. The topological polar surface area (TPSA) is 130 Å². The number of thiazole rings is 1. The van der Waals surface area contributed by atoms with E-state index in [0.29, 0.717) is 40.6 Å². The molecular weight excluding hydrogens is 497 g/mol. The van der Waals surface area contributed by atoms with Gasteiger partial charge in [-0.25, -0.2) is 19.3 Å². The molecule has 1 aliphatic carbocycles. The molecule has 3 aromatic heterocycles. The number of rotatable bonds is 7. The fraction of sp³-hybridized carbons (Fsp3) is 0.480. The highest BCUT2D eigenvalue weighted by atomic mass is 32.1. The molecule has 4 heterocycles. The van der Waals surface area contributed by atoms with E-state index in [9.17, 15) is 14.0 Å². The Bertz CT molecular complexity index is 1270. The number of nitrogens with one attached hydrogen (secondary N) is 4. The van der Waals surface area contributed by atoms with Crippen molar-refractivity contribution in [1.82, 2.24) is 25.6 Å². The predicted molar refractivity (Wildman–Crippen MR) is 140 cm³/mol. The van der Waals surface area contributed by atoms with Crippen LogP contribution < -0.4 is 21.3 Å². The molecule has 0 unspecified atom stereocenters. The summed E-state index contributed by atoms with van der Waals surface area (Å²) in [5.41, 5.74) is 3.16. The molecule has 4 N–H and O–H groups in total. The van der Waals surface area contributed by atoms with Gasteiger partial charge in [-0.2, -0.15) is 0 Å². The fourth-order valence-corrected chi connectivity index (χ4v) is 5.44. The Hall–Kier alpha value is -3.38. The van der Waals surface area contributed by atoms with Crippen molar-refractivity contribution in [1.29, 1.82) is 0 Å². The number of carbonyl (C=O) groups is 2. The van der Waals surface area contributed by atoms with Crippen LogP contribution in [-0.4, -0.2) is 58.1 Å². The molecule has 0 spiro atoms. The molecule has 12 heteroatoms. The monoisotopic (exact) mass is 527 g/mol. The lowest BCUT2D eigenvalue weighted by atomic mass is 9.91. The van der Waals surface area contributed by atoms with Crippen LogP contribution in [0.2, 0.25) is 0 Å². The Kier molecular flexibility index (Phi) is 7.75. The molecule has 2 aliphatic rings. The lowest BCUT2D eigenvalue weighted by Gasteiger charge is -2.30. The standard InChI is InChI=1S/C25H30FN7O3S/c1-14(34)29-15-2-4-16(5-3-15)31-24(35)18-12-27-22(11-20(18)30-17-6-8-36-9-7-17)32-23-19(26)10-21-25(33-23)37-13-28-21/h10-13,15-17H,2-9H2,1H3,(H,29,34)(H,31,35)(H2,27,30,32,33). The minimum atomic E-state index is -0.532. The summed E-state index contributed by atoms with van der Waals surface area (Å²) in [6.45, 7) is 2.82. The summed E-state index contributed by atoms with van der Waals surface area (Å²) in [6.07, 6.45) is 6.36. The van der Waals surface area contributed by atoms with Gasteiger partial charge in [0.15, 0.2) is 11.6 Å². The Balaban J connectivity index is 1.33. The van der Waals surface area contributed by atoms with E-state index in [-0.39, 0.29) is 35.8 Å². The van der Waals surface area contributed by atoms with Crippen molar-refractivity contribution < 1.29 is 18.7 Å². The van der Waals surface area contributed by atoms with Crippen molar-refractivity contribution in [3.63, 3.8) is 0 Å². The van der Waals surface area contributed by atoms with E-state index >= 15 is 0 Å². The summed E-state index contributed by atoms with van der Waals surface area (Å²) in [5, 5.41) is 12.5. The molecule has 196 valence electrons. The average Bonchev–Trinajstić information content (AvgIpc) is 3.33. The maximum Gasteiger partial charge on any atom is 0.255 e. The van der Waals surface area contributed by atoms with E-state index in [1.165, 1.54) is 30.5 Å². The van der Waals surface area contributed by atoms with Crippen molar-refractivity contribution in [2.75, 3.05) is 23.8 Å². The number of halogens is 1. The molecule has 37 heavy (non-hydrogen) atoms. The lowest BCUT2D eigenvalue weighted by molar-refractivity contribution is -0.119. The maximum atomic E-state index is 14.6. The summed E-state index contributed by atoms with van der Waals surface area (Å²) in [6, 6.07) is 3.38.